The third-order valence-electron chi connectivity index (χ3n) is 1.88. The second-order valence-corrected chi connectivity index (χ2v) is 4.58. The maximum absolute atomic E-state index is 11.1. The topological polar surface area (TPSA) is 17.1 Å². The smallest absolute Gasteiger partial charge is 0.149 e. The van der Waals surface area contributed by atoms with Gasteiger partial charge >= 0.3 is 0 Å². The molecule has 0 aliphatic heterocycles. The van der Waals surface area contributed by atoms with Crippen LogP contribution in [0.15, 0.2) is 0 Å². The largest absolute Gasteiger partial charge is 0.298 e. The van der Waals surface area contributed by atoms with Crippen molar-refractivity contribution in [3.05, 3.63) is 0 Å². The molecule has 0 spiro atoms. The van der Waals surface area contributed by atoms with E-state index in [-0.39, 0.29) is 4.32 Å². The van der Waals surface area contributed by atoms with Crippen LogP contribution in [-0.4, -0.2) is 10.1 Å². The Hall–Kier alpha value is 0.150. The Morgan fingerprint density at radius 2 is 2.22 bits per heavy atom. The Labute approximate surface area is 64.0 Å². The molecule has 1 aliphatic carbocycles. The Morgan fingerprint density at radius 1 is 1.56 bits per heavy atom. The molecule has 1 aliphatic rings. The van der Waals surface area contributed by atoms with E-state index < -0.39 is 0 Å². The van der Waals surface area contributed by atoms with Gasteiger partial charge < -0.3 is 0 Å². The zero-order valence-corrected chi connectivity index (χ0v) is 7.20. The molecule has 0 aromatic heterocycles. The molecule has 1 nitrogen and oxygen atoms in total. The summed E-state index contributed by atoms with van der Waals surface area (Å²) in [4.78, 5) is 11.1. The molecule has 0 heterocycles. The highest BCUT2D eigenvalue weighted by atomic mass is 79.9. The first-order valence-corrected chi connectivity index (χ1v) is 4.14. The highest BCUT2D eigenvalue weighted by Crippen LogP contribution is 2.31. The molecule has 0 N–H and O–H groups in total. The van der Waals surface area contributed by atoms with Gasteiger partial charge in [0.15, 0.2) is 0 Å². The van der Waals surface area contributed by atoms with E-state index in [0.29, 0.717) is 5.78 Å². The Balaban J connectivity index is 2.60. The first-order valence-electron chi connectivity index (χ1n) is 3.35. The molecule has 0 bridgehead atoms. The molecule has 0 saturated heterocycles. The molecule has 9 heavy (non-hydrogen) atoms. The predicted molar refractivity (Wildman–Crippen MR) is 40.8 cm³/mol. The van der Waals surface area contributed by atoms with Crippen LogP contribution in [0.4, 0.5) is 0 Å². The Bertz CT molecular complexity index is 129. The van der Waals surface area contributed by atoms with Gasteiger partial charge in [0, 0.05) is 6.42 Å². The molecule has 0 aromatic rings. The zero-order chi connectivity index (χ0) is 6.91. The van der Waals surface area contributed by atoms with Crippen LogP contribution in [0.5, 0.6) is 0 Å². The van der Waals surface area contributed by atoms with Gasteiger partial charge in [-0.2, -0.15) is 0 Å². The minimum atomic E-state index is -0.189. The number of alkyl halides is 1. The van der Waals surface area contributed by atoms with Crippen LogP contribution in [0.3, 0.4) is 0 Å². The van der Waals surface area contributed by atoms with Gasteiger partial charge in [0.1, 0.15) is 5.78 Å². The number of carbonyl (C=O) groups excluding carboxylic acids is 1. The van der Waals surface area contributed by atoms with E-state index in [0.717, 1.165) is 19.3 Å². The van der Waals surface area contributed by atoms with Crippen molar-refractivity contribution in [1.29, 1.82) is 0 Å². The van der Waals surface area contributed by atoms with E-state index >= 15 is 0 Å². The number of hydrogen-bond acceptors (Lipinski definition) is 1. The molecular formula is C7H11BrO. The highest BCUT2D eigenvalue weighted by Gasteiger charge is 2.31. The number of ketones is 1. The normalized spacial score (nSPS) is 36.9. The lowest BCUT2D eigenvalue weighted by atomic mass is 9.89. The average molecular weight is 191 g/mol. The fraction of sp³-hybridized carbons (Fsp3) is 0.857. The first-order chi connectivity index (χ1) is 4.13. The minimum absolute atomic E-state index is 0.189. The zero-order valence-electron chi connectivity index (χ0n) is 5.61. The van der Waals surface area contributed by atoms with E-state index in [1.54, 1.807) is 0 Å². The van der Waals surface area contributed by atoms with Gasteiger partial charge in [0.05, 0.1) is 4.32 Å². The summed E-state index contributed by atoms with van der Waals surface area (Å²) in [5.74, 6) is 0.369. The molecule has 1 saturated carbocycles. The summed E-state index contributed by atoms with van der Waals surface area (Å²) in [6, 6.07) is 0. The molecule has 1 fully saturated rings. The van der Waals surface area contributed by atoms with Gasteiger partial charge in [-0.25, -0.2) is 0 Å². The van der Waals surface area contributed by atoms with Crippen molar-refractivity contribution >= 4 is 21.7 Å². The van der Waals surface area contributed by atoms with E-state index in [2.05, 4.69) is 15.9 Å². The summed E-state index contributed by atoms with van der Waals surface area (Å²) >= 11 is 3.41. The van der Waals surface area contributed by atoms with Gasteiger partial charge in [0.2, 0.25) is 0 Å². The lowest BCUT2D eigenvalue weighted by molar-refractivity contribution is -0.122. The van der Waals surface area contributed by atoms with E-state index in [9.17, 15) is 4.79 Å². The highest BCUT2D eigenvalue weighted by molar-refractivity contribution is 9.10. The Morgan fingerprint density at radius 3 is 2.56 bits per heavy atom. The van der Waals surface area contributed by atoms with Crippen LogP contribution in [0.2, 0.25) is 0 Å². The van der Waals surface area contributed by atoms with Gasteiger partial charge in [0.25, 0.3) is 0 Å². The average Bonchev–Trinajstić information content (AvgIpc) is 1.77. The van der Waals surface area contributed by atoms with Gasteiger partial charge in [-0.15, -0.1) is 0 Å². The predicted octanol–water partition coefficient (Wildman–Crippen LogP) is 2.28. The van der Waals surface area contributed by atoms with Crippen molar-refractivity contribution in [3.8, 4) is 0 Å². The van der Waals surface area contributed by atoms with Crippen LogP contribution < -0.4 is 0 Å². The molecular weight excluding hydrogens is 180 g/mol. The van der Waals surface area contributed by atoms with Crippen LogP contribution in [0, 0.1) is 0 Å². The summed E-state index contributed by atoms with van der Waals surface area (Å²) in [5.41, 5.74) is 0. The molecule has 0 radical (unpaired) electrons. The van der Waals surface area contributed by atoms with E-state index in [1.165, 1.54) is 6.42 Å². The number of Topliss-reactive ketones (excluding diaryl/α,β-unsaturated/α-hetero) is 1. The molecule has 0 aromatic carbocycles. The van der Waals surface area contributed by atoms with Gasteiger partial charge in [-0.3, -0.25) is 4.79 Å². The van der Waals surface area contributed by atoms with E-state index in [1.807, 2.05) is 6.92 Å². The second-order valence-electron chi connectivity index (χ2n) is 2.83. The molecule has 0 amide bonds. The number of carbonyl (C=O) groups is 1. The molecule has 1 atom stereocenters. The van der Waals surface area contributed by atoms with Crippen molar-refractivity contribution in [2.24, 2.45) is 0 Å². The lowest BCUT2D eigenvalue weighted by Gasteiger charge is -2.24. The lowest BCUT2D eigenvalue weighted by Crippen LogP contribution is -2.31. The molecule has 52 valence electrons. The van der Waals surface area contributed by atoms with Crippen molar-refractivity contribution in [3.63, 3.8) is 0 Å². The fourth-order valence-corrected chi connectivity index (χ4v) is 1.62. The first kappa shape index (κ1) is 7.26. The maximum atomic E-state index is 11.1. The summed E-state index contributed by atoms with van der Waals surface area (Å²) in [6.45, 7) is 1.97. The second kappa shape index (κ2) is 2.41. The van der Waals surface area contributed by atoms with Crippen molar-refractivity contribution in [2.75, 3.05) is 0 Å². The number of rotatable bonds is 0. The van der Waals surface area contributed by atoms with Crippen molar-refractivity contribution < 1.29 is 4.79 Å². The Kier molecular flexibility index (Phi) is 1.94. The summed E-state index contributed by atoms with van der Waals surface area (Å²) < 4.78 is -0.189. The third-order valence-corrected chi connectivity index (χ3v) is 2.72. The van der Waals surface area contributed by atoms with Crippen molar-refractivity contribution in [1.82, 2.24) is 0 Å². The SMILES string of the molecule is CC1(Br)CCCCC1=O. The van der Waals surface area contributed by atoms with Crippen LogP contribution in [0.25, 0.3) is 0 Å². The number of hydrogen-bond donors (Lipinski definition) is 0. The van der Waals surface area contributed by atoms with E-state index in [4.69, 9.17) is 0 Å². The third kappa shape index (κ3) is 1.54. The monoisotopic (exact) mass is 190 g/mol. The molecule has 1 unspecified atom stereocenters. The van der Waals surface area contributed by atoms with Gasteiger partial charge in [-0.05, 0) is 19.8 Å². The maximum Gasteiger partial charge on any atom is 0.149 e. The standard InChI is InChI=1S/C7H11BrO/c1-7(8)5-3-2-4-6(7)9/h2-5H2,1H3. The molecule has 1 rings (SSSR count). The van der Waals surface area contributed by atoms with Crippen LogP contribution in [0.1, 0.15) is 32.6 Å². The van der Waals surface area contributed by atoms with Crippen LogP contribution >= 0.6 is 15.9 Å². The summed E-state index contributed by atoms with van der Waals surface area (Å²) in [5, 5.41) is 0. The fourth-order valence-electron chi connectivity index (χ4n) is 1.14. The van der Waals surface area contributed by atoms with Crippen molar-refractivity contribution in [2.45, 2.75) is 36.9 Å². The van der Waals surface area contributed by atoms with Crippen LogP contribution in [-0.2, 0) is 4.79 Å². The quantitative estimate of drug-likeness (QED) is 0.537. The number of halogens is 1. The van der Waals surface area contributed by atoms with Gasteiger partial charge in [-0.1, -0.05) is 22.4 Å². The summed E-state index contributed by atoms with van der Waals surface area (Å²) in [6.07, 6.45) is 4.04. The molecule has 2 heteroatoms. The minimum Gasteiger partial charge on any atom is -0.298 e. The summed E-state index contributed by atoms with van der Waals surface area (Å²) in [7, 11) is 0.